The van der Waals surface area contributed by atoms with Crippen LogP contribution in [0.25, 0.3) is 5.69 Å². The number of rotatable bonds is 6. The summed E-state index contributed by atoms with van der Waals surface area (Å²) in [4.78, 5) is 11.9. The third kappa shape index (κ3) is 4.63. The van der Waals surface area contributed by atoms with E-state index in [2.05, 4.69) is 21.6 Å². The molecule has 3 aromatic rings. The number of nitrogens with zero attached hydrogens (tertiary/aromatic N) is 4. The minimum absolute atomic E-state index is 0.168. The highest BCUT2D eigenvalue weighted by atomic mass is 16.5. The largest absolute Gasteiger partial charge is 0.493 e. The number of carbonyl (C=O) groups is 1. The number of ether oxygens (including phenoxy) is 2. The minimum Gasteiger partial charge on any atom is -0.493 e. The molecule has 25 heavy (non-hydrogen) atoms. The van der Waals surface area contributed by atoms with Crippen LogP contribution in [-0.2, 0) is 4.79 Å². The lowest BCUT2D eigenvalue weighted by molar-refractivity contribution is -0.134. The molecule has 0 spiro atoms. The number of tetrazole rings is 1. The molecule has 0 atom stereocenters. The van der Waals surface area contributed by atoms with E-state index in [1.54, 1.807) is 24.3 Å². The van der Waals surface area contributed by atoms with Crippen molar-refractivity contribution in [2.24, 2.45) is 0 Å². The first-order valence-corrected chi connectivity index (χ1v) is 7.85. The lowest BCUT2D eigenvalue weighted by Crippen LogP contribution is -2.12. The molecular formula is C18H18N4O3. The standard InChI is InChI=1S/C18H18N4O3/c1-13-9-14(2)11-17(10-13)24-8-7-18(23)25-16-5-3-15(4-6-16)22-12-19-20-21-22/h3-6,9-12H,7-8H2,1-2H3. The summed E-state index contributed by atoms with van der Waals surface area (Å²) in [5.74, 6) is 0.879. The van der Waals surface area contributed by atoms with Gasteiger partial charge in [0, 0.05) is 0 Å². The van der Waals surface area contributed by atoms with Gasteiger partial charge in [0.2, 0.25) is 0 Å². The SMILES string of the molecule is Cc1cc(C)cc(OCCC(=O)Oc2ccc(-n3cnnn3)cc2)c1. The summed E-state index contributed by atoms with van der Waals surface area (Å²) in [6, 6.07) is 12.9. The predicted molar refractivity (Wildman–Crippen MR) is 90.8 cm³/mol. The second-order valence-electron chi connectivity index (χ2n) is 5.64. The Balaban J connectivity index is 1.49. The van der Waals surface area contributed by atoms with E-state index in [-0.39, 0.29) is 19.0 Å². The van der Waals surface area contributed by atoms with E-state index < -0.39 is 0 Å². The molecule has 2 aromatic carbocycles. The molecular weight excluding hydrogens is 320 g/mol. The van der Waals surface area contributed by atoms with Gasteiger partial charge in [-0.25, -0.2) is 4.68 Å². The first-order chi connectivity index (χ1) is 12.1. The molecule has 7 nitrogen and oxygen atoms in total. The molecule has 0 saturated heterocycles. The number of aromatic nitrogens is 4. The van der Waals surface area contributed by atoms with E-state index in [0.29, 0.717) is 5.75 Å². The van der Waals surface area contributed by atoms with Crippen LogP contribution in [0.3, 0.4) is 0 Å². The molecule has 0 N–H and O–H groups in total. The summed E-state index contributed by atoms with van der Waals surface area (Å²) in [5, 5.41) is 10.9. The van der Waals surface area contributed by atoms with Crippen molar-refractivity contribution < 1.29 is 14.3 Å². The summed E-state index contributed by atoms with van der Waals surface area (Å²) >= 11 is 0. The van der Waals surface area contributed by atoms with Crippen molar-refractivity contribution in [3.05, 3.63) is 59.9 Å². The smallest absolute Gasteiger partial charge is 0.314 e. The quantitative estimate of drug-likeness (QED) is 0.508. The van der Waals surface area contributed by atoms with E-state index in [0.717, 1.165) is 22.6 Å². The molecule has 0 amide bonds. The van der Waals surface area contributed by atoms with E-state index in [4.69, 9.17) is 9.47 Å². The summed E-state index contributed by atoms with van der Waals surface area (Å²) in [7, 11) is 0. The lowest BCUT2D eigenvalue weighted by atomic mass is 10.1. The Hall–Kier alpha value is -3.22. The third-order valence-corrected chi connectivity index (χ3v) is 3.45. The zero-order chi connectivity index (χ0) is 17.6. The molecule has 1 aromatic heterocycles. The van der Waals surface area contributed by atoms with Gasteiger partial charge < -0.3 is 9.47 Å². The Morgan fingerprint density at radius 3 is 2.40 bits per heavy atom. The monoisotopic (exact) mass is 338 g/mol. The molecule has 128 valence electrons. The predicted octanol–water partition coefficient (Wildman–Crippen LogP) is 2.65. The van der Waals surface area contributed by atoms with E-state index in [1.165, 1.54) is 11.0 Å². The maximum absolute atomic E-state index is 11.9. The van der Waals surface area contributed by atoms with E-state index >= 15 is 0 Å². The van der Waals surface area contributed by atoms with Gasteiger partial charge in [-0.15, -0.1) is 5.10 Å². The van der Waals surface area contributed by atoms with Gasteiger partial charge in [0.15, 0.2) is 0 Å². The van der Waals surface area contributed by atoms with Gasteiger partial charge in [-0.05, 0) is 71.8 Å². The van der Waals surface area contributed by atoms with Crippen LogP contribution in [0.15, 0.2) is 48.8 Å². The lowest BCUT2D eigenvalue weighted by Gasteiger charge is -2.08. The minimum atomic E-state index is -0.348. The summed E-state index contributed by atoms with van der Waals surface area (Å²) in [6.45, 7) is 4.28. The molecule has 0 aliphatic carbocycles. The number of hydrogen-bond donors (Lipinski definition) is 0. The fraction of sp³-hybridized carbons (Fsp3) is 0.222. The number of benzene rings is 2. The van der Waals surface area contributed by atoms with Crippen LogP contribution in [0.5, 0.6) is 11.5 Å². The maximum atomic E-state index is 11.9. The van der Waals surface area contributed by atoms with Crippen molar-refractivity contribution in [1.82, 2.24) is 20.2 Å². The van der Waals surface area contributed by atoms with Crippen LogP contribution in [0.4, 0.5) is 0 Å². The topological polar surface area (TPSA) is 79.1 Å². The molecule has 0 saturated carbocycles. The molecule has 3 rings (SSSR count). The fourth-order valence-corrected chi connectivity index (χ4v) is 2.40. The second-order valence-corrected chi connectivity index (χ2v) is 5.64. The van der Waals surface area contributed by atoms with Crippen LogP contribution < -0.4 is 9.47 Å². The van der Waals surface area contributed by atoms with Gasteiger partial charge in [0.05, 0.1) is 18.7 Å². The Morgan fingerprint density at radius 1 is 1.04 bits per heavy atom. The Labute approximate surface area is 145 Å². The van der Waals surface area contributed by atoms with Crippen molar-refractivity contribution in [1.29, 1.82) is 0 Å². The summed E-state index contributed by atoms with van der Waals surface area (Å²) in [5.41, 5.74) is 3.03. The molecule has 0 fully saturated rings. The summed E-state index contributed by atoms with van der Waals surface area (Å²) < 4.78 is 12.4. The van der Waals surface area contributed by atoms with Crippen LogP contribution >= 0.6 is 0 Å². The van der Waals surface area contributed by atoms with Crippen molar-refractivity contribution in [2.75, 3.05) is 6.61 Å². The highest BCUT2D eigenvalue weighted by molar-refractivity contribution is 5.72. The fourth-order valence-electron chi connectivity index (χ4n) is 2.40. The molecule has 1 heterocycles. The van der Waals surface area contributed by atoms with Gasteiger partial charge in [0.1, 0.15) is 17.8 Å². The first kappa shape index (κ1) is 16.6. The Morgan fingerprint density at radius 2 is 1.76 bits per heavy atom. The Bertz CT molecular complexity index is 825. The average molecular weight is 338 g/mol. The van der Waals surface area contributed by atoms with Crippen molar-refractivity contribution in [3.63, 3.8) is 0 Å². The normalized spacial score (nSPS) is 10.5. The zero-order valence-corrected chi connectivity index (χ0v) is 14.0. The van der Waals surface area contributed by atoms with Gasteiger partial charge in [0.25, 0.3) is 0 Å². The zero-order valence-electron chi connectivity index (χ0n) is 14.0. The van der Waals surface area contributed by atoms with Gasteiger partial charge in [-0.2, -0.15) is 0 Å². The molecule has 0 unspecified atom stereocenters. The van der Waals surface area contributed by atoms with Crippen LogP contribution in [0.2, 0.25) is 0 Å². The molecule has 0 bridgehead atoms. The van der Waals surface area contributed by atoms with Crippen LogP contribution in [-0.4, -0.2) is 32.8 Å². The number of esters is 1. The number of carbonyl (C=O) groups excluding carboxylic acids is 1. The van der Waals surface area contributed by atoms with Crippen molar-refractivity contribution in [2.45, 2.75) is 20.3 Å². The Kier molecular flexibility index (Phi) is 5.03. The van der Waals surface area contributed by atoms with Crippen molar-refractivity contribution >= 4 is 5.97 Å². The summed E-state index contributed by atoms with van der Waals surface area (Å²) in [6.07, 6.45) is 1.66. The van der Waals surface area contributed by atoms with Gasteiger partial charge in [-0.3, -0.25) is 4.79 Å². The molecule has 7 heteroatoms. The molecule has 0 radical (unpaired) electrons. The highest BCUT2D eigenvalue weighted by Gasteiger charge is 2.07. The van der Waals surface area contributed by atoms with Crippen LogP contribution in [0, 0.1) is 13.8 Å². The van der Waals surface area contributed by atoms with Crippen molar-refractivity contribution in [3.8, 4) is 17.2 Å². The van der Waals surface area contributed by atoms with Crippen LogP contribution in [0.1, 0.15) is 17.5 Å². The number of hydrogen-bond acceptors (Lipinski definition) is 6. The average Bonchev–Trinajstić information content (AvgIpc) is 3.09. The second kappa shape index (κ2) is 7.57. The van der Waals surface area contributed by atoms with Gasteiger partial charge in [-0.1, -0.05) is 6.07 Å². The third-order valence-electron chi connectivity index (χ3n) is 3.45. The molecule has 0 aliphatic heterocycles. The maximum Gasteiger partial charge on any atom is 0.314 e. The van der Waals surface area contributed by atoms with E-state index in [1.807, 2.05) is 26.0 Å². The number of aryl methyl sites for hydroxylation is 2. The van der Waals surface area contributed by atoms with Gasteiger partial charge >= 0.3 is 5.97 Å². The first-order valence-electron chi connectivity index (χ1n) is 7.85. The van der Waals surface area contributed by atoms with E-state index in [9.17, 15) is 4.79 Å². The molecule has 0 aliphatic rings. The highest BCUT2D eigenvalue weighted by Crippen LogP contribution is 2.17.